The Kier molecular flexibility index (Phi) is 4.40. The zero-order valence-electron chi connectivity index (χ0n) is 11.7. The fourth-order valence-electron chi connectivity index (χ4n) is 2.17. The van der Waals surface area contributed by atoms with E-state index in [1.807, 2.05) is 0 Å². The fourth-order valence-corrected chi connectivity index (χ4v) is 2.17. The number of hydrogen-bond acceptors (Lipinski definition) is 3. The highest BCUT2D eigenvalue weighted by molar-refractivity contribution is 6.07. The zero-order valence-corrected chi connectivity index (χ0v) is 11.7. The zero-order chi connectivity index (χ0) is 15.6. The lowest BCUT2D eigenvalue weighted by Gasteiger charge is -2.15. The largest absolute Gasteiger partial charge is 0.455 e. The van der Waals surface area contributed by atoms with Crippen molar-refractivity contribution in [2.45, 2.75) is 19.7 Å². The molecular weight excluding hydrogens is 282 g/mol. The second-order valence-electron chi connectivity index (χ2n) is 4.87. The predicted octanol–water partition coefficient (Wildman–Crippen LogP) is 1.94. The van der Waals surface area contributed by atoms with Gasteiger partial charge >= 0.3 is 0 Å². The molecule has 0 aliphatic carbocycles. The lowest BCUT2D eigenvalue weighted by Crippen LogP contribution is -2.31. The van der Waals surface area contributed by atoms with Crippen molar-refractivity contribution in [3.8, 4) is 5.75 Å². The third-order valence-corrected chi connectivity index (χ3v) is 3.25. The monoisotopic (exact) mass is 298 g/mol. The van der Waals surface area contributed by atoms with E-state index in [1.54, 1.807) is 7.05 Å². The van der Waals surface area contributed by atoms with Gasteiger partial charge in [-0.05, 0) is 18.6 Å². The molecule has 0 saturated carbocycles. The van der Waals surface area contributed by atoms with Crippen molar-refractivity contribution in [3.63, 3.8) is 0 Å². The van der Waals surface area contributed by atoms with E-state index < -0.39 is 24.0 Å². The number of benzene rings is 1. The number of para-hydroxylation sites is 1. The summed E-state index contributed by atoms with van der Waals surface area (Å²) in [7, 11) is 1.61. The molecular formula is C14H16F2N2O3. The van der Waals surface area contributed by atoms with Crippen molar-refractivity contribution in [2.24, 2.45) is 5.92 Å². The van der Waals surface area contributed by atoms with Crippen LogP contribution in [0.5, 0.6) is 5.75 Å². The number of anilines is 1. The molecule has 114 valence electrons. The van der Waals surface area contributed by atoms with Gasteiger partial charge in [0.15, 0.2) is 11.6 Å². The van der Waals surface area contributed by atoms with Gasteiger partial charge in [0.1, 0.15) is 5.92 Å². The Labute approximate surface area is 120 Å². The van der Waals surface area contributed by atoms with Gasteiger partial charge in [0, 0.05) is 20.5 Å². The molecule has 1 aromatic carbocycles. The normalized spacial score (nSPS) is 19.5. The van der Waals surface area contributed by atoms with Gasteiger partial charge in [0.2, 0.25) is 18.2 Å². The first-order valence-electron chi connectivity index (χ1n) is 6.55. The van der Waals surface area contributed by atoms with E-state index in [9.17, 15) is 18.4 Å². The Bertz CT molecular complexity index is 563. The van der Waals surface area contributed by atoms with Gasteiger partial charge < -0.3 is 15.0 Å². The summed E-state index contributed by atoms with van der Waals surface area (Å²) >= 11 is 0. The van der Waals surface area contributed by atoms with E-state index in [1.165, 1.54) is 17.0 Å². The van der Waals surface area contributed by atoms with E-state index in [4.69, 9.17) is 4.74 Å². The molecule has 1 unspecified atom stereocenters. The highest BCUT2D eigenvalue weighted by Gasteiger charge is 2.35. The second-order valence-corrected chi connectivity index (χ2v) is 4.87. The quantitative estimate of drug-likeness (QED) is 0.864. The maximum absolute atomic E-state index is 13.7. The van der Waals surface area contributed by atoms with E-state index >= 15 is 0 Å². The van der Waals surface area contributed by atoms with Crippen LogP contribution in [0.15, 0.2) is 18.2 Å². The van der Waals surface area contributed by atoms with Gasteiger partial charge in [-0.1, -0.05) is 6.07 Å². The van der Waals surface area contributed by atoms with Crippen LogP contribution in [0.25, 0.3) is 0 Å². The Morgan fingerprint density at radius 1 is 1.52 bits per heavy atom. The van der Waals surface area contributed by atoms with Gasteiger partial charge in [-0.15, -0.1) is 0 Å². The van der Waals surface area contributed by atoms with Crippen molar-refractivity contribution < 1.29 is 23.1 Å². The van der Waals surface area contributed by atoms with E-state index in [2.05, 4.69) is 5.32 Å². The van der Waals surface area contributed by atoms with Crippen LogP contribution in [0, 0.1) is 11.7 Å². The highest BCUT2D eigenvalue weighted by atomic mass is 19.1. The molecule has 21 heavy (non-hydrogen) atoms. The predicted molar refractivity (Wildman–Crippen MR) is 72.0 cm³/mol. The number of amides is 2. The molecule has 1 aliphatic rings. The molecule has 7 heteroatoms. The molecule has 0 spiro atoms. The molecule has 1 saturated heterocycles. The summed E-state index contributed by atoms with van der Waals surface area (Å²) < 4.78 is 31.3. The number of carbonyl (C=O) groups is 2. The number of halogens is 2. The molecule has 5 nitrogen and oxygen atoms in total. The first-order chi connectivity index (χ1) is 9.90. The lowest BCUT2D eigenvalue weighted by molar-refractivity contribution is -0.134. The molecule has 1 heterocycles. The maximum atomic E-state index is 13.7. The molecule has 2 amide bonds. The van der Waals surface area contributed by atoms with Crippen LogP contribution in [-0.4, -0.2) is 36.7 Å². The van der Waals surface area contributed by atoms with E-state index in [0.29, 0.717) is 13.0 Å². The van der Waals surface area contributed by atoms with Crippen LogP contribution in [0.3, 0.4) is 0 Å². The van der Waals surface area contributed by atoms with E-state index in [0.717, 1.165) is 13.0 Å². The summed E-state index contributed by atoms with van der Waals surface area (Å²) in [6.45, 7) is 1.60. The topological polar surface area (TPSA) is 58.6 Å². The average molecular weight is 298 g/mol. The number of rotatable bonds is 4. The van der Waals surface area contributed by atoms with Crippen LogP contribution in [0.1, 0.15) is 13.3 Å². The number of ether oxygens (including phenoxy) is 1. The van der Waals surface area contributed by atoms with Gasteiger partial charge in [-0.2, -0.15) is 0 Å². The number of nitrogens with zero attached hydrogens (tertiary/aromatic N) is 1. The Hall–Kier alpha value is -2.18. The SMILES string of the molecule is CC(F)Oc1c(F)cccc1NC(=O)[C@@H]1CCN(C)C1=O. The van der Waals surface area contributed by atoms with Crippen LogP contribution in [0.4, 0.5) is 14.5 Å². The number of hydrogen-bond donors (Lipinski definition) is 1. The smallest absolute Gasteiger partial charge is 0.237 e. The van der Waals surface area contributed by atoms with E-state index in [-0.39, 0.29) is 17.3 Å². The lowest BCUT2D eigenvalue weighted by atomic mass is 10.1. The van der Waals surface area contributed by atoms with Gasteiger partial charge in [0.05, 0.1) is 5.69 Å². The molecule has 1 fully saturated rings. The molecule has 0 aromatic heterocycles. The second kappa shape index (κ2) is 6.07. The summed E-state index contributed by atoms with van der Waals surface area (Å²) in [5.74, 6) is -2.81. The summed E-state index contributed by atoms with van der Waals surface area (Å²) in [5, 5.41) is 2.43. The summed E-state index contributed by atoms with van der Waals surface area (Å²) in [4.78, 5) is 25.3. The third kappa shape index (κ3) is 3.29. The Morgan fingerprint density at radius 2 is 2.24 bits per heavy atom. The molecule has 2 atom stereocenters. The van der Waals surface area contributed by atoms with Crippen molar-refractivity contribution in [1.29, 1.82) is 0 Å². The first-order valence-corrected chi connectivity index (χ1v) is 6.55. The Morgan fingerprint density at radius 3 is 2.81 bits per heavy atom. The minimum atomic E-state index is -1.73. The summed E-state index contributed by atoms with van der Waals surface area (Å²) in [6.07, 6.45) is -1.33. The molecule has 1 N–H and O–H groups in total. The minimum Gasteiger partial charge on any atom is -0.455 e. The number of alkyl halides is 1. The molecule has 0 radical (unpaired) electrons. The van der Waals surface area contributed by atoms with Gasteiger partial charge in [-0.25, -0.2) is 8.78 Å². The summed E-state index contributed by atoms with van der Waals surface area (Å²) in [6, 6.07) is 3.85. The van der Waals surface area contributed by atoms with Crippen LogP contribution < -0.4 is 10.1 Å². The van der Waals surface area contributed by atoms with Crippen LogP contribution in [-0.2, 0) is 9.59 Å². The molecule has 1 aliphatic heterocycles. The molecule has 2 rings (SSSR count). The van der Waals surface area contributed by atoms with Gasteiger partial charge in [-0.3, -0.25) is 9.59 Å². The highest BCUT2D eigenvalue weighted by Crippen LogP contribution is 2.30. The maximum Gasteiger partial charge on any atom is 0.237 e. The first kappa shape index (κ1) is 15.2. The average Bonchev–Trinajstić information content (AvgIpc) is 2.74. The molecule has 1 aromatic rings. The van der Waals surface area contributed by atoms with Crippen molar-refractivity contribution in [3.05, 3.63) is 24.0 Å². The fraction of sp³-hybridized carbons (Fsp3) is 0.429. The number of carbonyl (C=O) groups excluding carboxylic acids is 2. The van der Waals surface area contributed by atoms with Crippen LogP contribution in [0.2, 0.25) is 0 Å². The standard InChI is InChI=1S/C14H16F2N2O3/c1-8(15)21-12-10(16)4-3-5-11(12)17-13(19)9-6-7-18(2)14(9)20/h3-5,8-9H,6-7H2,1-2H3,(H,17,19)/t8?,9-/m0/s1. The van der Waals surface area contributed by atoms with Gasteiger partial charge in [0.25, 0.3) is 0 Å². The number of nitrogens with one attached hydrogen (secondary N) is 1. The van der Waals surface area contributed by atoms with Crippen molar-refractivity contribution in [2.75, 3.05) is 18.9 Å². The minimum absolute atomic E-state index is 0.00635. The third-order valence-electron chi connectivity index (χ3n) is 3.25. The summed E-state index contributed by atoms with van der Waals surface area (Å²) in [5.41, 5.74) is 0.00635. The van der Waals surface area contributed by atoms with Crippen molar-refractivity contribution >= 4 is 17.5 Å². The Balaban J connectivity index is 2.18. The number of likely N-dealkylation sites (tertiary alicyclic amines) is 1. The van der Waals surface area contributed by atoms with Crippen molar-refractivity contribution in [1.82, 2.24) is 4.90 Å². The molecule has 0 bridgehead atoms. The van der Waals surface area contributed by atoms with Crippen LogP contribution >= 0.6 is 0 Å².